The maximum Gasteiger partial charge on any atom is 0.387 e. The first kappa shape index (κ1) is 16.6. The van der Waals surface area contributed by atoms with Crippen molar-refractivity contribution in [3.05, 3.63) is 54.1 Å². The average molecular weight is 359 g/mol. The van der Waals surface area contributed by atoms with Crippen LogP contribution in [-0.2, 0) is 9.47 Å². The normalized spacial score (nSPS) is 14.9. The average Bonchev–Trinajstić information content (AvgIpc) is 3.34. The smallest absolute Gasteiger partial charge is 0.387 e. The van der Waals surface area contributed by atoms with Gasteiger partial charge in [-0.05, 0) is 30.3 Å². The van der Waals surface area contributed by atoms with Crippen LogP contribution in [0.4, 0.5) is 8.78 Å². The molecule has 3 aromatic rings. The minimum absolute atomic E-state index is 0.0905. The molecule has 1 aliphatic rings. The number of hydrogen-bond acceptors (Lipinski definition) is 5. The number of ether oxygens (including phenoxy) is 3. The molecule has 6 nitrogen and oxygen atoms in total. The summed E-state index contributed by atoms with van der Waals surface area (Å²) < 4.78 is 39.8. The highest BCUT2D eigenvalue weighted by atomic mass is 19.3. The van der Waals surface area contributed by atoms with Crippen molar-refractivity contribution in [1.82, 2.24) is 15.2 Å². The standard InChI is InChI=1S/C18H15F2N3O3/c19-18(20)26-14-6-4-11(5-7-14)15-21-16(23-22-15)12-2-1-3-13(10-12)17-24-8-9-25-17/h1-7,10,17-18H,8-9H2,(H,21,22,23). The van der Waals surface area contributed by atoms with Crippen LogP contribution in [-0.4, -0.2) is 35.0 Å². The van der Waals surface area contributed by atoms with Crippen LogP contribution < -0.4 is 4.74 Å². The first-order valence-corrected chi connectivity index (χ1v) is 8.00. The Morgan fingerprint density at radius 3 is 2.54 bits per heavy atom. The fourth-order valence-corrected chi connectivity index (χ4v) is 2.69. The topological polar surface area (TPSA) is 69.3 Å². The van der Waals surface area contributed by atoms with Gasteiger partial charge in [-0.15, -0.1) is 0 Å². The van der Waals surface area contributed by atoms with Gasteiger partial charge in [-0.2, -0.15) is 13.9 Å². The molecule has 1 fully saturated rings. The summed E-state index contributed by atoms with van der Waals surface area (Å²) in [5, 5.41) is 7.09. The molecular weight excluding hydrogens is 344 g/mol. The van der Waals surface area contributed by atoms with Crippen LogP contribution in [0.1, 0.15) is 11.9 Å². The van der Waals surface area contributed by atoms with Crippen molar-refractivity contribution in [2.24, 2.45) is 0 Å². The Morgan fingerprint density at radius 2 is 1.81 bits per heavy atom. The summed E-state index contributed by atoms with van der Waals surface area (Å²) in [7, 11) is 0. The molecular formula is C18H15F2N3O3. The van der Waals surface area contributed by atoms with Crippen LogP contribution in [0.3, 0.4) is 0 Å². The van der Waals surface area contributed by atoms with Gasteiger partial charge in [0.05, 0.1) is 13.2 Å². The van der Waals surface area contributed by atoms with Gasteiger partial charge in [-0.1, -0.05) is 18.2 Å². The van der Waals surface area contributed by atoms with Gasteiger partial charge in [0.25, 0.3) is 0 Å². The van der Waals surface area contributed by atoms with E-state index < -0.39 is 6.61 Å². The summed E-state index contributed by atoms with van der Waals surface area (Å²) in [6.07, 6.45) is -0.365. The molecule has 8 heteroatoms. The van der Waals surface area contributed by atoms with E-state index in [0.29, 0.717) is 30.4 Å². The van der Waals surface area contributed by atoms with E-state index in [4.69, 9.17) is 9.47 Å². The lowest BCUT2D eigenvalue weighted by atomic mass is 10.1. The lowest BCUT2D eigenvalue weighted by Gasteiger charge is -2.09. The fourth-order valence-electron chi connectivity index (χ4n) is 2.69. The van der Waals surface area contributed by atoms with Gasteiger partial charge in [0.1, 0.15) is 5.75 Å². The quantitative estimate of drug-likeness (QED) is 0.751. The highest BCUT2D eigenvalue weighted by Gasteiger charge is 2.19. The Bertz CT molecular complexity index is 877. The highest BCUT2D eigenvalue weighted by Crippen LogP contribution is 2.28. The Hall–Kier alpha value is -2.84. The maximum atomic E-state index is 12.2. The molecule has 0 aliphatic carbocycles. The van der Waals surface area contributed by atoms with Crippen molar-refractivity contribution in [3.8, 4) is 28.5 Å². The minimum Gasteiger partial charge on any atom is -0.435 e. The molecule has 0 radical (unpaired) electrons. The monoisotopic (exact) mass is 359 g/mol. The van der Waals surface area contributed by atoms with Gasteiger partial charge >= 0.3 is 6.61 Å². The molecule has 4 rings (SSSR count). The van der Waals surface area contributed by atoms with Crippen LogP contribution in [0.2, 0.25) is 0 Å². The van der Waals surface area contributed by atoms with Gasteiger partial charge < -0.3 is 14.2 Å². The van der Waals surface area contributed by atoms with Gasteiger partial charge in [0.15, 0.2) is 17.9 Å². The number of halogens is 2. The lowest BCUT2D eigenvalue weighted by Crippen LogP contribution is -2.01. The molecule has 0 atom stereocenters. The van der Waals surface area contributed by atoms with E-state index >= 15 is 0 Å². The van der Waals surface area contributed by atoms with E-state index in [0.717, 1.165) is 11.1 Å². The van der Waals surface area contributed by atoms with Crippen molar-refractivity contribution in [2.75, 3.05) is 13.2 Å². The van der Waals surface area contributed by atoms with Gasteiger partial charge in [-0.25, -0.2) is 4.98 Å². The van der Waals surface area contributed by atoms with Crippen molar-refractivity contribution in [3.63, 3.8) is 0 Å². The number of benzene rings is 2. The summed E-state index contributed by atoms with van der Waals surface area (Å²) in [6.45, 7) is -1.70. The number of aromatic amines is 1. The first-order valence-electron chi connectivity index (χ1n) is 8.00. The van der Waals surface area contributed by atoms with Crippen molar-refractivity contribution >= 4 is 0 Å². The zero-order valence-corrected chi connectivity index (χ0v) is 13.6. The maximum absolute atomic E-state index is 12.2. The number of nitrogens with zero attached hydrogens (tertiary/aromatic N) is 2. The predicted octanol–water partition coefficient (Wildman–Crippen LogP) is 3.79. The highest BCUT2D eigenvalue weighted by molar-refractivity contribution is 5.62. The van der Waals surface area contributed by atoms with Crippen LogP contribution >= 0.6 is 0 Å². The van der Waals surface area contributed by atoms with E-state index in [-0.39, 0.29) is 12.0 Å². The van der Waals surface area contributed by atoms with E-state index in [9.17, 15) is 8.78 Å². The molecule has 2 heterocycles. The molecule has 0 spiro atoms. The second-order valence-corrected chi connectivity index (χ2v) is 5.61. The summed E-state index contributed by atoms with van der Waals surface area (Å²) in [6, 6.07) is 13.8. The van der Waals surface area contributed by atoms with Crippen LogP contribution in [0.15, 0.2) is 48.5 Å². The third kappa shape index (κ3) is 3.56. The third-order valence-corrected chi connectivity index (χ3v) is 3.88. The van der Waals surface area contributed by atoms with E-state index in [1.54, 1.807) is 12.1 Å². The number of aromatic nitrogens is 3. The van der Waals surface area contributed by atoms with Gasteiger partial charge in [0, 0.05) is 16.7 Å². The van der Waals surface area contributed by atoms with Crippen molar-refractivity contribution < 1.29 is 23.0 Å². The van der Waals surface area contributed by atoms with Crippen molar-refractivity contribution in [2.45, 2.75) is 12.9 Å². The molecule has 2 aromatic carbocycles. The number of nitrogens with one attached hydrogen (secondary N) is 1. The number of hydrogen-bond donors (Lipinski definition) is 1. The molecule has 0 unspecified atom stereocenters. The minimum atomic E-state index is -2.85. The largest absolute Gasteiger partial charge is 0.435 e. The van der Waals surface area contributed by atoms with Crippen LogP contribution in [0, 0.1) is 0 Å². The second kappa shape index (κ2) is 7.19. The third-order valence-electron chi connectivity index (χ3n) is 3.88. The molecule has 26 heavy (non-hydrogen) atoms. The van der Waals surface area contributed by atoms with Gasteiger partial charge in [0.2, 0.25) is 0 Å². The summed E-state index contributed by atoms with van der Waals surface area (Å²) in [4.78, 5) is 4.47. The summed E-state index contributed by atoms with van der Waals surface area (Å²) in [5.41, 5.74) is 2.44. The number of alkyl halides is 2. The summed E-state index contributed by atoms with van der Waals surface area (Å²) in [5.74, 6) is 1.14. The van der Waals surface area contributed by atoms with Crippen molar-refractivity contribution in [1.29, 1.82) is 0 Å². The molecule has 1 aromatic heterocycles. The number of H-pyrrole nitrogens is 1. The number of rotatable bonds is 5. The predicted molar refractivity (Wildman–Crippen MR) is 88.5 cm³/mol. The SMILES string of the molecule is FC(F)Oc1ccc(-c2nc(-c3cccc(C4OCCO4)c3)n[nH]2)cc1. The fraction of sp³-hybridized carbons (Fsp3) is 0.222. The Kier molecular flexibility index (Phi) is 4.59. The Balaban J connectivity index is 1.55. The lowest BCUT2D eigenvalue weighted by molar-refractivity contribution is -0.0498. The van der Waals surface area contributed by atoms with Crippen LogP contribution in [0.5, 0.6) is 5.75 Å². The van der Waals surface area contributed by atoms with Gasteiger partial charge in [-0.3, -0.25) is 5.10 Å². The molecule has 0 saturated carbocycles. The molecule has 1 aliphatic heterocycles. The molecule has 1 saturated heterocycles. The molecule has 1 N–H and O–H groups in total. The van der Waals surface area contributed by atoms with Crippen LogP contribution in [0.25, 0.3) is 22.8 Å². The Labute approximate surface area is 147 Å². The zero-order chi connectivity index (χ0) is 17.9. The molecule has 134 valence electrons. The molecule has 0 amide bonds. The Morgan fingerprint density at radius 1 is 1.04 bits per heavy atom. The molecule has 0 bridgehead atoms. The second-order valence-electron chi connectivity index (χ2n) is 5.61. The zero-order valence-electron chi connectivity index (χ0n) is 13.6. The van der Waals surface area contributed by atoms with E-state index in [1.807, 2.05) is 24.3 Å². The first-order chi connectivity index (χ1) is 12.7. The summed E-state index contributed by atoms with van der Waals surface area (Å²) >= 11 is 0. The van der Waals surface area contributed by atoms with E-state index in [1.165, 1.54) is 12.1 Å². The van der Waals surface area contributed by atoms with E-state index in [2.05, 4.69) is 19.9 Å².